The molecule has 1 aromatic rings. The molecule has 0 saturated heterocycles. The number of benzene rings is 1. The first-order valence-electron chi connectivity index (χ1n) is 6.27. The van der Waals surface area contributed by atoms with Crippen LogP contribution in [0.3, 0.4) is 0 Å². The molecule has 2 N–H and O–H groups in total. The van der Waals surface area contributed by atoms with Gasteiger partial charge >= 0.3 is 0 Å². The summed E-state index contributed by atoms with van der Waals surface area (Å²) in [6, 6.07) is 6.64. The summed E-state index contributed by atoms with van der Waals surface area (Å²) >= 11 is 0. The SMILES string of the molecule is CCC1=Cc2c(CCN)cccc2CC1C. The topological polar surface area (TPSA) is 26.0 Å². The van der Waals surface area contributed by atoms with Crippen LogP contribution in [-0.2, 0) is 12.8 Å². The zero-order valence-electron chi connectivity index (χ0n) is 10.3. The van der Waals surface area contributed by atoms with Gasteiger partial charge in [-0.25, -0.2) is 0 Å². The van der Waals surface area contributed by atoms with Crippen LogP contribution in [0, 0.1) is 5.92 Å². The molecule has 1 atom stereocenters. The maximum absolute atomic E-state index is 5.67. The van der Waals surface area contributed by atoms with Gasteiger partial charge in [0, 0.05) is 0 Å². The van der Waals surface area contributed by atoms with Gasteiger partial charge in [0.15, 0.2) is 0 Å². The van der Waals surface area contributed by atoms with Gasteiger partial charge in [-0.05, 0) is 48.4 Å². The van der Waals surface area contributed by atoms with Crippen LogP contribution in [-0.4, -0.2) is 6.54 Å². The van der Waals surface area contributed by atoms with E-state index >= 15 is 0 Å². The molecule has 1 aliphatic rings. The van der Waals surface area contributed by atoms with Gasteiger partial charge in [0.1, 0.15) is 0 Å². The first-order chi connectivity index (χ1) is 7.76. The van der Waals surface area contributed by atoms with Gasteiger partial charge in [0.25, 0.3) is 0 Å². The van der Waals surface area contributed by atoms with E-state index in [-0.39, 0.29) is 0 Å². The lowest BCUT2D eigenvalue weighted by atomic mass is 9.81. The molecule has 0 amide bonds. The zero-order valence-corrected chi connectivity index (χ0v) is 10.3. The summed E-state index contributed by atoms with van der Waals surface area (Å²) in [5, 5.41) is 0. The lowest BCUT2D eigenvalue weighted by Crippen LogP contribution is -2.12. The van der Waals surface area contributed by atoms with Gasteiger partial charge in [0.05, 0.1) is 0 Å². The van der Waals surface area contributed by atoms with Crippen molar-refractivity contribution in [2.75, 3.05) is 6.54 Å². The van der Waals surface area contributed by atoms with Crippen LogP contribution >= 0.6 is 0 Å². The van der Waals surface area contributed by atoms with Crippen LogP contribution in [0.4, 0.5) is 0 Å². The average molecular weight is 215 g/mol. The number of hydrogen-bond donors (Lipinski definition) is 1. The Labute approximate surface area is 98.4 Å². The molecule has 0 fully saturated rings. The lowest BCUT2D eigenvalue weighted by molar-refractivity contribution is 0.647. The van der Waals surface area contributed by atoms with Gasteiger partial charge in [-0.1, -0.05) is 43.7 Å². The van der Waals surface area contributed by atoms with Crippen LogP contribution in [0.1, 0.15) is 37.0 Å². The molecule has 0 radical (unpaired) electrons. The predicted molar refractivity (Wildman–Crippen MR) is 70.3 cm³/mol. The van der Waals surface area contributed by atoms with E-state index in [2.05, 4.69) is 38.1 Å². The average Bonchev–Trinajstić information content (AvgIpc) is 2.29. The largest absolute Gasteiger partial charge is 0.330 e. The molecular weight excluding hydrogens is 194 g/mol. The molecule has 0 heterocycles. The normalized spacial score (nSPS) is 19.2. The Kier molecular flexibility index (Phi) is 3.45. The van der Waals surface area contributed by atoms with Crippen molar-refractivity contribution in [3.63, 3.8) is 0 Å². The van der Waals surface area contributed by atoms with E-state index in [1.54, 1.807) is 5.57 Å². The number of nitrogens with two attached hydrogens (primary N) is 1. The third-order valence-corrected chi connectivity index (χ3v) is 3.60. The van der Waals surface area contributed by atoms with Crippen molar-refractivity contribution in [1.29, 1.82) is 0 Å². The van der Waals surface area contributed by atoms with Gasteiger partial charge in [-0.2, -0.15) is 0 Å². The second-order valence-corrected chi connectivity index (χ2v) is 4.71. The smallest absolute Gasteiger partial charge is 0.00365 e. The van der Waals surface area contributed by atoms with Gasteiger partial charge < -0.3 is 5.73 Å². The zero-order chi connectivity index (χ0) is 11.5. The second kappa shape index (κ2) is 4.84. The highest BCUT2D eigenvalue weighted by atomic mass is 14.5. The first kappa shape index (κ1) is 11.4. The molecule has 16 heavy (non-hydrogen) atoms. The molecule has 0 aliphatic heterocycles. The summed E-state index contributed by atoms with van der Waals surface area (Å²) in [7, 11) is 0. The van der Waals surface area contributed by atoms with Crippen LogP contribution in [0.25, 0.3) is 6.08 Å². The molecule has 0 spiro atoms. The van der Waals surface area contributed by atoms with E-state index in [0.717, 1.165) is 19.4 Å². The van der Waals surface area contributed by atoms with Crippen molar-refractivity contribution in [2.45, 2.75) is 33.1 Å². The van der Waals surface area contributed by atoms with Crippen molar-refractivity contribution >= 4 is 6.08 Å². The number of fused-ring (bicyclic) bond motifs is 1. The predicted octanol–water partition coefficient (Wildman–Crippen LogP) is 3.17. The molecule has 2 rings (SSSR count). The minimum atomic E-state index is 0.700. The molecule has 0 saturated carbocycles. The van der Waals surface area contributed by atoms with Crippen molar-refractivity contribution < 1.29 is 0 Å². The van der Waals surface area contributed by atoms with Gasteiger partial charge in [-0.3, -0.25) is 0 Å². The molecule has 0 aromatic heterocycles. The number of allylic oxidation sites excluding steroid dienone is 1. The van der Waals surface area contributed by atoms with Crippen LogP contribution < -0.4 is 5.73 Å². The van der Waals surface area contributed by atoms with Crippen molar-refractivity contribution in [1.82, 2.24) is 0 Å². The van der Waals surface area contributed by atoms with Gasteiger partial charge in [0.2, 0.25) is 0 Å². The molecule has 1 aliphatic carbocycles. The summed E-state index contributed by atoms with van der Waals surface area (Å²) < 4.78 is 0. The third-order valence-electron chi connectivity index (χ3n) is 3.60. The van der Waals surface area contributed by atoms with E-state index < -0.39 is 0 Å². The summed E-state index contributed by atoms with van der Waals surface area (Å²) in [6.45, 7) is 5.31. The van der Waals surface area contributed by atoms with E-state index in [0.29, 0.717) is 5.92 Å². The summed E-state index contributed by atoms with van der Waals surface area (Å²) in [5.41, 5.74) is 11.6. The Morgan fingerprint density at radius 1 is 1.38 bits per heavy atom. The van der Waals surface area contributed by atoms with Crippen LogP contribution in [0.2, 0.25) is 0 Å². The molecular formula is C15H21N. The van der Waals surface area contributed by atoms with Gasteiger partial charge in [-0.15, -0.1) is 0 Å². The summed E-state index contributed by atoms with van der Waals surface area (Å²) in [5.74, 6) is 0.700. The van der Waals surface area contributed by atoms with E-state index in [1.807, 2.05) is 0 Å². The van der Waals surface area contributed by atoms with Crippen LogP contribution in [0.5, 0.6) is 0 Å². The number of rotatable bonds is 3. The van der Waals surface area contributed by atoms with E-state index in [4.69, 9.17) is 5.73 Å². The third kappa shape index (κ3) is 2.05. The molecule has 86 valence electrons. The Hall–Kier alpha value is -1.08. The van der Waals surface area contributed by atoms with E-state index in [1.165, 1.54) is 23.1 Å². The Morgan fingerprint density at radius 3 is 2.88 bits per heavy atom. The molecule has 1 aromatic carbocycles. The summed E-state index contributed by atoms with van der Waals surface area (Å²) in [4.78, 5) is 0. The summed E-state index contributed by atoms with van der Waals surface area (Å²) in [6.07, 6.45) is 5.74. The lowest BCUT2D eigenvalue weighted by Gasteiger charge is -2.24. The monoisotopic (exact) mass is 215 g/mol. The number of hydrogen-bond acceptors (Lipinski definition) is 1. The molecule has 1 unspecified atom stereocenters. The van der Waals surface area contributed by atoms with Crippen LogP contribution in [0.15, 0.2) is 23.8 Å². The maximum Gasteiger partial charge on any atom is -0.00365 e. The highest BCUT2D eigenvalue weighted by Crippen LogP contribution is 2.32. The Morgan fingerprint density at radius 2 is 2.19 bits per heavy atom. The molecule has 1 heteroatoms. The fourth-order valence-electron chi connectivity index (χ4n) is 2.64. The highest BCUT2D eigenvalue weighted by molar-refractivity contribution is 5.63. The maximum atomic E-state index is 5.67. The van der Waals surface area contributed by atoms with Crippen molar-refractivity contribution in [3.05, 3.63) is 40.5 Å². The second-order valence-electron chi connectivity index (χ2n) is 4.71. The van der Waals surface area contributed by atoms with Crippen molar-refractivity contribution in [3.8, 4) is 0 Å². The molecule has 1 nitrogen and oxygen atoms in total. The Balaban J connectivity index is 2.44. The minimum absolute atomic E-state index is 0.700. The van der Waals surface area contributed by atoms with Crippen molar-refractivity contribution in [2.24, 2.45) is 11.7 Å². The Bertz CT molecular complexity index is 404. The fourth-order valence-corrected chi connectivity index (χ4v) is 2.64. The standard InChI is InChI=1S/C15H21N/c1-3-12-10-15-13(7-8-16)5-4-6-14(15)9-11(12)2/h4-6,10-11H,3,7-9,16H2,1-2H3. The highest BCUT2D eigenvalue weighted by Gasteiger charge is 2.17. The van der Waals surface area contributed by atoms with E-state index in [9.17, 15) is 0 Å². The molecule has 0 bridgehead atoms. The first-order valence-corrected chi connectivity index (χ1v) is 6.27. The fraction of sp³-hybridized carbons (Fsp3) is 0.467. The quantitative estimate of drug-likeness (QED) is 0.823. The minimum Gasteiger partial charge on any atom is -0.330 e.